The standard InChI is InChI=1S/C9H10ClNO2S/c10-8-3-5-6(11)1-4(9(12)13)2-7(5)14-8/h3-4,6H,1-2,11H2,(H,12,13). The van der Waals surface area contributed by atoms with Crippen LogP contribution in [0, 0.1) is 5.92 Å². The average molecular weight is 232 g/mol. The van der Waals surface area contributed by atoms with Crippen molar-refractivity contribution < 1.29 is 9.90 Å². The summed E-state index contributed by atoms with van der Waals surface area (Å²) in [7, 11) is 0. The third kappa shape index (κ3) is 1.65. The molecule has 0 saturated carbocycles. The molecule has 0 spiro atoms. The van der Waals surface area contributed by atoms with Gasteiger partial charge < -0.3 is 10.8 Å². The van der Waals surface area contributed by atoms with Crippen LogP contribution >= 0.6 is 22.9 Å². The molecule has 1 aromatic rings. The lowest BCUT2D eigenvalue weighted by Crippen LogP contribution is -2.27. The molecule has 0 amide bonds. The van der Waals surface area contributed by atoms with E-state index in [1.54, 1.807) is 0 Å². The van der Waals surface area contributed by atoms with Crippen molar-refractivity contribution >= 4 is 28.9 Å². The molecule has 1 aliphatic carbocycles. The average Bonchev–Trinajstić information content (AvgIpc) is 2.45. The molecule has 2 unspecified atom stereocenters. The van der Waals surface area contributed by atoms with Crippen LogP contribution in [0.5, 0.6) is 0 Å². The fraction of sp³-hybridized carbons (Fsp3) is 0.444. The Morgan fingerprint density at radius 1 is 1.71 bits per heavy atom. The number of thiophene rings is 1. The molecular formula is C9H10ClNO2S. The number of hydrogen-bond donors (Lipinski definition) is 2. The number of carboxylic acid groups (broad SMARTS) is 1. The number of nitrogens with two attached hydrogens (primary N) is 1. The molecule has 0 fully saturated rings. The molecule has 76 valence electrons. The van der Waals surface area contributed by atoms with Crippen LogP contribution in [0.4, 0.5) is 0 Å². The maximum Gasteiger partial charge on any atom is 0.306 e. The van der Waals surface area contributed by atoms with Gasteiger partial charge in [0.15, 0.2) is 0 Å². The van der Waals surface area contributed by atoms with Crippen molar-refractivity contribution in [2.24, 2.45) is 11.7 Å². The zero-order chi connectivity index (χ0) is 10.3. The first-order valence-corrected chi connectivity index (χ1v) is 5.54. The predicted octanol–water partition coefficient (Wildman–Crippen LogP) is 2.05. The van der Waals surface area contributed by atoms with Gasteiger partial charge in [0.1, 0.15) is 0 Å². The second-order valence-corrected chi connectivity index (χ2v) is 5.28. The van der Waals surface area contributed by atoms with Gasteiger partial charge in [-0.3, -0.25) is 4.79 Å². The van der Waals surface area contributed by atoms with E-state index in [1.165, 1.54) is 11.3 Å². The Morgan fingerprint density at radius 2 is 2.43 bits per heavy atom. The van der Waals surface area contributed by atoms with Gasteiger partial charge >= 0.3 is 5.97 Å². The van der Waals surface area contributed by atoms with Crippen molar-refractivity contribution in [2.75, 3.05) is 0 Å². The van der Waals surface area contributed by atoms with Gasteiger partial charge in [0.2, 0.25) is 0 Å². The van der Waals surface area contributed by atoms with Crippen LogP contribution in [-0.2, 0) is 11.2 Å². The molecule has 1 aliphatic rings. The predicted molar refractivity (Wildman–Crippen MR) is 55.7 cm³/mol. The molecule has 3 N–H and O–H groups in total. The number of carbonyl (C=O) groups is 1. The van der Waals surface area contributed by atoms with Crippen molar-refractivity contribution in [3.8, 4) is 0 Å². The van der Waals surface area contributed by atoms with Gasteiger partial charge in [-0.1, -0.05) is 11.6 Å². The number of halogens is 1. The molecule has 0 aliphatic heterocycles. The fourth-order valence-electron chi connectivity index (χ4n) is 1.81. The second-order valence-electron chi connectivity index (χ2n) is 3.51. The van der Waals surface area contributed by atoms with E-state index < -0.39 is 5.97 Å². The minimum Gasteiger partial charge on any atom is -0.481 e. The normalized spacial score (nSPS) is 25.9. The molecule has 14 heavy (non-hydrogen) atoms. The molecule has 0 aromatic carbocycles. The zero-order valence-corrected chi connectivity index (χ0v) is 8.94. The van der Waals surface area contributed by atoms with E-state index in [0.29, 0.717) is 17.2 Å². The van der Waals surface area contributed by atoms with Crippen LogP contribution in [0.3, 0.4) is 0 Å². The molecule has 5 heteroatoms. The highest BCUT2D eigenvalue weighted by atomic mass is 35.5. The Balaban J connectivity index is 2.32. The van der Waals surface area contributed by atoms with Crippen LogP contribution in [0.1, 0.15) is 22.9 Å². The molecular weight excluding hydrogens is 222 g/mol. The summed E-state index contributed by atoms with van der Waals surface area (Å²) < 4.78 is 0.691. The van der Waals surface area contributed by atoms with Gasteiger partial charge in [-0.2, -0.15) is 0 Å². The summed E-state index contributed by atoms with van der Waals surface area (Å²) >= 11 is 7.30. The second kappa shape index (κ2) is 3.53. The van der Waals surface area contributed by atoms with E-state index in [4.69, 9.17) is 22.4 Å². The Labute approximate surface area is 90.5 Å². The fourth-order valence-corrected chi connectivity index (χ4v) is 3.24. The Morgan fingerprint density at radius 3 is 3.07 bits per heavy atom. The van der Waals surface area contributed by atoms with E-state index in [1.807, 2.05) is 6.07 Å². The monoisotopic (exact) mass is 231 g/mol. The van der Waals surface area contributed by atoms with E-state index in [2.05, 4.69) is 0 Å². The lowest BCUT2D eigenvalue weighted by atomic mass is 9.86. The maximum absolute atomic E-state index is 10.8. The SMILES string of the molecule is NC1CC(C(=O)O)Cc2sc(Cl)cc21. The highest BCUT2D eigenvalue weighted by Crippen LogP contribution is 2.38. The van der Waals surface area contributed by atoms with E-state index in [9.17, 15) is 4.79 Å². The van der Waals surface area contributed by atoms with E-state index >= 15 is 0 Å². The Hall–Kier alpha value is -0.580. The van der Waals surface area contributed by atoms with Crippen LogP contribution < -0.4 is 5.73 Å². The van der Waals surface area contributed by atoms with Gasteiger partial charge in [0.05, 0.1) is 10.3 Å². The van der Waals surface area contributed by atoms with Gasteiger partial charge in [0.25, 0.3) is 0 Å². The summed E-state index contributed by atoms with van der Waals surface area (Å²) in [5.41, 5.74) is 6.90. The molecule has 0 saturated heterocycles. The zero-order valence-electron chi connectivity index (χ0n) is 7.37. The minimum absolute atomic E-state index is 0.177. The van der Waals surface area contributed by atoms with E-state index in [-0.39, 0.29) is 12.0 Å². The van der Waals surface area contributed by atoms with Crippen molar-refractivity contribution in [1.82, 2.24) is 0 Å². The highest BCUT2D eigenvalue weighted by Gasteiger charge is 2.30. The summed E-state index contributed by atoms with van der Waals surface area (Å²) in [5, 5.41) is 8.90. The molecule has 0 radical (unpaired) electrons. The van der Waals surface area contributed by atoms with Crippen LogP contribution in [0.2, 0.25) is 4.34 Å². The summed E-state index contributed by atoms with van der Waals surface area (Å²) in [4.78, 5) is 11.9. The summed E-state index contributed by atoms with van der Waals surface area (Å²) in [5.74, 6) is -1.12. The van der Waals surface area contributed by atoms with Crippen molar-refractivity contribution in [2.45, 2.75) is 18.9 Å². The summed E-state index contributed by atoms with van der Waals surface area (Å²) in [6.07, 6.45) is 1.07. The maximum atomic E-state index is 10.8. The molecule has 1 heterocycles. The van der Waals surface area contributed by atoms with Crippen molar-refractivity contribution in [3.05, 3.63) is 20.8 Å². The van der Waals surface area contributed by atoms with Crippen LogP contribution in [0.15, 0.2) is 6.07 Å². The van der Waals surface area contributed by atoms with Gasteiger partial charge in [-0.25, -0.2) is 0 Å². The Bertz CT molecular complexity index is 377. The molecule has 3 nitrogen and oxygen atoms in total. The van der Waals surface area contributed by atoms with Crippen LogP contribution in [0.25, 0.3) is 0 Å². The third-order valence-electron chi connectivity index (χ3n) is 2.53. The number of aliphatic carboxylic acids is 1. The largest absolute Gasteiger partial charge is 0.481 e. The number of rotatable bonds is 1. The highest BCUT2D eigenvalue weighted by molar-refractivity contribution is 7.16. The number of fused-ring (bicyclic) bond motifs is 1. The van der Waals surface area contributed by atoms with Crippen LogP contribution in [-0.4, -0.2) is 11.1 Å². The first-order chi connectivity index (χ1) is 6.58. The number of hydrogen-bond acceptors (Lipinski definition) is 3. The Kier molecular flexibility index (Phi) is 2.51. The van der Waals surface area contributed by atoms with Gasteiger partial charge in [-0.05, 0) is 24.5 Å². The smallest absolute Gasteiger partial charge is 0.306 e. The van der Waals surface area contributed by atoms with Crippen molar-refractivity contribution in [3.63, 3.8) is 0 Å². The topological polar surface area (TPSA) is 63.3 Å². The molecule has 2 atom stereocenters. The summed E-state index contributed by atoms with van der Waals surface area (Å²) in [6.45, 7) is 0. The third-order valence-corrected chi connectivity index (χ3v) is 3.83. The van der Waals surface area contributed by atoms with Gasteiger partial charge in [0, 0.05) is 10.9 Å². The quantitative estimate of drug-likeness (QED) is 0.778. The van der Waals surface area contributed by atoms with Crippen molar-refractivity contribution in [1.29, 1.82) is 0 Å². The molecule has 0 bridgehead atoms. The summed E-state index contributed by atoms with van der Waals surface area (Å²) in [6, 6.07) is 1.67. The molecule has 2 rings (SSSR count). The van der Waals surface area contributed by atoms with Gasteiger partial charge in [-0.15, -0.1) is 11.3 Å². The first-order valence-electron chi connectivity index (χ1n) is 4.34. The van der Waals surface area contributed by atoms with E-state index in [0.717, 1.165) is 10.4 Å². The molecule has 1 aromatic heterocycles. The number of carboxylic acids is 1. The lowest BCUT2D eigenvalue weighted by Gasteiger charge is -2.23. The first kappa shape index (κ1) is 9.96. The minimum atomic E-state index is -0.768. The lowest BCUT2D eigenvalue weighted by molar-refractivity contribution is -0.142.